The van der Waals surface area contributed by atoms with E-state index in [9.17, 15) is 52.7 Å². The topological polar surface area (TPSA) is 15.3 Å². The summed E-state index contributed by atoms with van der Waals surface area (Å²) >= 11 is 0. The average molecular weight is 925 g/mol. The zero-order valence-electron chi connectivity index (χ0n) is 30.4. The molecule has 7 aromatic rings. The third-order valence-electron chi connectivity index (χ3n) is 9.42. The van der Waals surface area contributed by atoms with E-state index in [4.69, 9.17) is 0 Å². The lowest BCUT2D eigenvalue weighted by Crippen LogP contribution is -2.17. The van der Waals surface area contributed by atoms with Crippen LogP contribution in [0.15, 0.2) is 66.7 Å². The number of nitrogens with zero attached hydrogens (tertiary/aromatic N) is 1. The van der Waals surface area contributed by atoms with E-state index in [0.717, 1.165) is 48.5 Å². The first-order valence-electron chi connectivity index (χ1n) is 17.1. The molecule has 0 bridgehead atoms. The van der Waals surface area contributed by atoms with Gasteiger partial charge in [0.1, 0.15) is 11.4 Å². The molecule has 7 rings (SSSR count). The van der Waals surface area contributed by atoms with Crippen LogP contribution in [0.1, 0.15) is 0 Å². The molecule has 22 heteroatoms. The first kappa shape index (κ1) is 44.8. The van der Waals surface area contributed by atoms with Crippen LogP contribution in [0.3, 0.4) is 0 Å². The maximum atomic E-state index is 15.9. The summed E-state index contributed by atoms with van der Waals surface area (Å²) in [6.45, 7) is 0. The Labute approximate surface area is 342 Å². The first-order valence-corrected chi connectivity index (χ1v) is 17.1. The van der Waals surface area contributed by atoms with Crippen molar-refractivity contribution in [2.24, 2.45) is 0 Å². The predicted octanol–water partition coefficient (Wildman–Crippen LogP) is 14.7. The summed E-state index contributed by atoms with van der Waals surface area (Å²) in [7, 11) is 0. The number of anilines is 5. The van der Waals surface area contributed by atoms with Crippen LogP contribution in [0.25, 0.3) is 33.4 Å². The average Bonchev–Trinajstić information content (AvgIpc) is 3.28. The van der Waals surface area contributed by atoms with Crippen molar-refractivity contribution >= 4 is 28.4 Å². The van der Waals surface area contributed by atoms with E-state index in [1.807, 2.05) is 5.32 Å². The quantitative estimate of drug-likeness (QED) is 0.0928. The highest BCUT2D eigenvalue weighted by molar-refractivity contribution is 5.82. The lowest BCUT2D eigenvalue weighted by Gasteiger charge is -2.27. The molecule has 0 unspecified atom stereocenters. The largest absolute Gasteiger partial charge is 0.351 e. The molecular formula is C42H12F20N2. The predicted molar refractivity (Wildman–Crippen MR) is 186 cm³/mol. The summed E-state index contributed by atoms with van der Waals surface area (Å²) in [5.41, 5.74) is -14.2. The highest BCUT2D eigenvalue weighted by Crippen LogP contribution is 2.46. The van der Waals surface area contributed by atoms with Gasteiger partial charge < -0.3 is 10.2 Å². The molecule has 64 heavy (non-hydrogen) atoms. The third kappa shape index (κ3) is 7.05. The van der Waals surface area contributed by atoms with Crippen molar-refractivity contribution in [1.82, 2.24) is 0 Å². The molecule has 0 saturated carbocycles. The second-order valence-corrected chi connectivity index (χ2v) is 13.1. The van der Waals surface area contributed by atoms with Gasteiger partial charge in [0.15, 0.2) is 105 Å². The van der Waals surface area contributed by atoms with Crippen molar-refractivity contribution in [3.8, 4) is 33.4 Å². The van der Waals surface area contributed by atoms with Crippen molar-refractivity contribution in [2.45, 2.75) is 0 Å². The summed E-state index contributed by atoms with van der Waals surface area (Å²) in [6, 6.07) is 9.77. The van der Waals surface area contributed by atoms with E-state index in [1.165, 1.54) is 0 Å². The normalized spacial score (nSPS) is 11.4. The fourth-order valence-electron chi connectivity index (χ4n) is 6.37. The van der Waals surface area contributed by atoms with E-state index < -0.39 is 161 Å². The summed E-state index contributed by atoms with van der Waals surface area (Å²) in [5, 5.41) is 1.94. The Balaban J connectivity index is 1.25. The van der Waals surface area contributed by atoms with Gasteiger partial charge in [-0.1, -0.05) is 24.3 Å². The molecule has 0 aliphatic rings. The maximum Gasteiger partial charge on any atom is 0.200 e. The molecule has 0 atom stereocenters. The van der Waals surface area contributed by atoms with Gasteiger partial charge in [0.05, 0.1) is 22.3 Å². The Morgan fingerprint density at radius 1 is 0.281 bits per heavy atom. The zero-order valence-corrected chi connectivity index (χ0v) is 30.4. The summed E-state index contributed by atoms with van der Waals surface area (Å²) < 4.78 is 292. The number of hydrogen-bond donors (Lipinski definition) is 1. The molecule has 0 spiro atoms. The van der Waals surface area contributed by atoms with Crippen molar-refractivity contribution in [1.29, 1.82) is 0 Å². The smallest absolute Gasteiger partial charge is 0.200 e. The molecule has 1 N–H and O–H groups in total. The van der Waals surface area contributed by atoms with E-state index in [2.05, 4.69) is 0 Å². The number of halogens is 20. The molecule has 0 aromatic heterocycles. The maximum absolute atomic E-state index is 15.9. The molecule has 7 aromatic carbocycles. The molecule has 0 saturated heterocycles. The lowest BCUT2D eigenvalue weighted by atomic mass is 9.99. The molecule has 0 radical (unpaired) electrons. The third-order valence-corrected chi connectivity index (χ3v) is 9.42. The highest BCUT2D eigenvalue weighted by Gasteiger charge is 2.37. The molecule has 0 heterocycles. The van der Waals surface area contributed by atoms with Crippen LogP contribution >= 0.6 is 0 Å². The minimum Gasteiger partial charge on any atom is -0.351 e. The Morgan fingerprint density at radius 3 is 0.969 bits per heavy atom. The van der Waals surface area contributed by atoms with Crippen molar-refractivity contribution in [3.05, 3.63) is 183 Å². The SMILES string of the molecule is Fc1ccc(N(c2ccc(-c3ccc(Nc4c(F)c(F)c(-c5c(F)c(F)c(F)c(F)c5F)c(F)c4F)cc3)cc2)c2c(F)c(F)c(-c3c(F)c(F)c(F)c(F)c3F)c(F)c2F)cc1F. The van der Waals surface area contributed by atoms with Crippen molar-refractivity contribution < 1.29 is 87.8 Å². The van der Waals surface area contributed by atoms with E-state index >= 15 is 35.1 Å². The fourth-order valence-corrected chi connectivity index (χ4v) is 6.37. The Hall–Kier alpha value is -7.26. The van der Waals surface area contributed by atoms with Gasteiger partial charge in [0.25, 0.3) is 0 Å². The van der Waals surface area contributed by atoms with Crippen molar-refractivity contribution in [2.75, 3.05) is 10.2 Å². The second-order valence-electron chi connectivity index (χ2n) is 13.1. The number of benzene rings is 7. The number of rotatable bonds is 8. The van der Waals surface area contributed by atoms with Crippen LogP contribution in [0.2, 0.25) is 0 Å². The monoisotopic (exact) mass is 924 g/mol. The van der Waals surface area contributed by atoms with Crippen LogP contribution in [0.4, 0.5) is 116 Å². The van der Waals surface area contributed by atoms with Gasteiger partial charge in [0, 0.05) is 23.1 Å². The van der Waals surface area contributed by atoms with Crippen LogP contribution in [-0.2, 0) is 0 Å². The standard InChI is InChI=1S/C42H12F20N2/c43-17-10-9-16(11-18(17)44)64(42-39(61)29(51)22(30(52)40(42)62)20-25(47)33(55)36(58)34(56)26(20)48)15-7-3-13(4-8-15)12-1-5-14(6-2-12)63-41-37(59)27(49)21(28(50)38(41)60)19-23(45)31(53)35(57)32(54)24(19)46/h1-11,63H. The molecule has 0 aliphatic heterocycles. The molecule has 0 aliphatic carbocycles. The molecule has 0 amide bonds. The van der Waals surface area contributed by atoms with Crippen molar-refractivity contribution in [3.63, 3.8) is 0 Å². The minimum absolute atomic E-state index is 0.113. The van der Waals surface area contributed by atoms with E-state index in [0.29, 0.717) is 12.1 Å². The summed E-state index contributed by atoms with van der Waals surface area (Å²) in [4.78, 5) is 0.233. The van der Waals surface area contributed by atoms with E-state index in [1.54, 1.807) is 0 Å². The molecule has 330 valence electrons. The van der Waals surface area contributed by atoms with Gasteiger partial charge in [-0.2, -0.15) is 0 Å². The first-order chi connectivity index (χ1) is 30.1. The van der Waals surface area contributed by atoms with Gasteiger partial charge in [-0.15, -0.1) is 0 Å². The van der Waals surface area contributed by atoms with Gasteiger partial charge in [-0.25, -0.2) is 87.8 Å². The Kier molecular flexibility index (Phi) is 11.5. The fraction of sp³-hybridized carbons (Fsp3) is 0. The van der Waals surface area contributed by atoms with Gasteiger partial charge in [-0.05, 0) is 47.5 Å². The summed E-state index contributed by atoms with van der Waals surface area (Å²) in [6.07, 6.45) is 0. The molecule has 2 nitrogen and oxygen atoms in total. The van der Waals surface area contributed by atoms with Gasteiger partial charge >= 0.3 is 0 Å². The number of nitrogens with one attached hydrogen (secondary N) is 1. The Bertz CT molecular complexity index is 2960. The highest BCUT2D eigenvalue weighted by atomic mass is 19.2. The second kappa shape index (κ2) is 16.5. The van der Waals surface area contributed by atoms with Gasteiger partial charge in [-0.3, -0.25) is 0 Å². The number of hydrogen-bond acceptors (Lipinski definition) is 2. The van der Waals surface area contributed by atoms with Crippen LogP contribution < -0.4 is 10.2 Å². The lowest BCUT2D eigenvalue weighted by molar-refractivity contribution is 0.379. The zero-order chi connectivity index (χ0) is 47.0. The van der Waals surface area contributed by atoms with Crippen LogP contribution in [0.5, 0.6) is 0 Å². The minimum atomic E-state index is -2.81. The summed E-state index contributed by atoms with van der Waals surface area (Å²) in [5.74, 6) is -51.2. The molecule has 0 fully saturated rings. The van der Waals surface area contributed by atoms with Crippen LogP contribution in [-0.4, -0.2) is 0 Å². The van der Waals surface area contributed by atoms with E-state index in [-0.39, 0.29) is 27.8 Å². The Morgan fingerprint density at radius 2 is 0.594 bits per heavy atom. The molecular weight excluding hydrogens is 912 g/mol. The van der Waals surface area contributed by atoms with Gasteiger partial charge in [0.2, 0.25) is 11.6 Å². The van der Waals surface area contributed by atoms with Crippen LogP contribution in [0, 0.1) is 116 Å².